The van der Waals surface area contributed by atoms with Crippen molar-refractivity contribution in [1.29, 1.82) is 0 Å². The molecule has 0 aliphatic rings. The third kappa shape index (κ3) is 4.75. The summed E-state index contributed by atoms with van der Waals surface area (Å²) < 4.78 is 10.7. The molecule has 0 spiro atoms. The maximum Gasteiger partial charge on any atom is 0.519 e. The van der Waals surface area contributed by atoms with Gasteiger partial charge in [0.1, 0.15) is 17.2 Å². The summed E-state index contributed by atoms with van der Waals surface area (Å²) >= 11 is 0. The Morgan fingerprint density at radius 1 is 0.840 bits per heavy atom. The zero-order valence-corrected chi connectivity index (χ0v) is 15.7. The Hall–Kier alpha value is -2.49. The zero-order valence-electron chi connectivity index (χ0n) is 15.7. The van der Waals surface area contributed by atoms with Crippen LogP contribution in [-0.2, 0) is 10.8 Å². The first-order valence-corrected chi connectivity index (χ1v) is 8.31. The molecular formula is C21H26O4. The average molecular weight is 342 g/mol. The van der Waals surface area contributed by atoms with Crippen molar-refractivity contribution in [2.75, 3.05) is 0 Å². The van der Waals surface area contributed by atoms with Crippen molar-refractivity contribution >= 4 is 6.16 Å². The molecule has 2 aromatic carbocycles. The molecule has 0 aliphatic carbocycles. The van der Waals surface area contributed by atoms with Gasteiger partial charge in [0.15, 0.2) is 0 Å². The predicted molar refractivity (Wildman–Crippen MR) is 98.6 cm³/mol. The molecule has 1 N–H and O–H groups in total. The molecule has 25 heavy (non-hydrogen) atoms. The Balaban J connectivity index is 2.38. The number of rotatable bonds is 2. The maximum atomic E-state index is 12.2. The van der Waals surface area contributed by atoms with E-state index in [9.17, 15) is 9.90 Å². The van der Waals surface area contributed by atoms with Crippen LogP contribution in [0.3, 0.4) is 0 Å². The van der Waals surface area contributed by atoms with Crippen LogP contribution in [0.15, 0.2) is 42.5 Å². The summed E-state index contributed by atoms with van der Waals surface area (Å²) in [5, 5.41) is 10.4. The van der Waals surface area contributed by atoms with Crippen molar-refractivity contribution in [2.45, 2.75) is 52.4 Å². The number of carbonyl (C=O) groups excluding carboxylic acids is 1. The molecule has 0 aliphatic heterocycles. The Morgan fingerprint density at radius 3 is 1.92 bits per heavy atom. The lowest BCUT2D eigenvalue weighted by molar-refractivity contribution is 0.151. The van der Waals surface area contributed by atoms with Gasteiger partial charge in [0.2, 0.25) is 0 Å². The molecule has 0 unspecified atom stereocenters. The molecule has 4 nitrogen and oxygen atoms in total. The molecule has 0 radical (unpaired) electrons. The number of aromatic hydroxyl groups is 1. The van der Waals surface area contributed by atoms with Gasteiger partial charge in [-0.25, -0.2) is 4.79 Å². The van der Waals surface area contributed by atoms with Gasteiger partial charge in [-0.1, -0.05) is 59.7 Å². The number of para-hydroxylation sites is 1. The molecule has 0 heterocycles. The van der Waals surface area contributed by atoms with E-state index in [1.165, 1.54) is 0 Å². The van der Waals surface area contributed by atoms with E-state index in [2.05, 4.69) is 0 Å². The minimum Gasteiger partial charge on any atom is -0.508 e. The highest BCUT2D eigenvalue weighted by Crippen LogP contribution is 2.40. The van der Waals surface area contributed by atoms with Gasteiger partial charge in [0.25, 0.3) is 0 Å². The monoisotopic (exact) mass is 342 g/mol. The summed E-state index contributed by atoms with van der Waals surface area (Å²) in [6, 6.07) is 12.2. The van der Waals surface area contributed by atoms with Crippen LogP contribution in [0, 0.1) is 0 Å². The maximum absolute atomic E-state index is 12.2. The normalized spacial score (nSPS) is 11.9. The number of hydrogen-bond donors (Lipinski definition) is 1. The number of phenols is 1. The first-order valence-electron chi connectivity index (χ1n) is 8.31. The molecule has 4 heteroatoms. The number of hydrogen-bond acceptors (Lipinski definition) is 4. The van der Waals surface area contributed by atoms with Crippen LogP contribution in [0.25, 0.3) is 0 Å². The average Bonchev–Trinajstić information content (AvgIpc) is 2.47. The Morgan fingerprint density at radius 2 is 1.40 bits per heavy atom. The fourth-order valence-corrected chi connectivity index (χ4v) is 2.54. The number of carbonyl (C=O) groups is 1. The van der Waals surface area contributed by atoms with Crippen LogP contribution in [0.5, 0.6) is 17.2 Å². The smallest absolute Gasteiger partial charge is 0.508 e. The van der Waals surface area contributed by atoms with E-state index in [1.807, 2.05) is 47.6 Å². The van der Waals surface area contributed by atoms with Gasteiger partial charge in [-0.2, -0.15) is 0 Å². The van der Waals surface area contributed by atoms with Crippen molar-refractivity contribution in [3.8, 4) is 17.2 Å². The van der Waals surface area contributed by atoms with E-state index < -0.39 is 6.16 Å². The van der Waals surface area contributed by atoms with Gasteiger partial charge in [0.05, 0.1) is 0 Å². The molecule has 134 valence electrons. The molecule has 0 aromatic heterocycles. The van der Waals surface area contributed by atoms with Crippen molar-refractivity contribution in [2.24, 2.45) is 0 Å². The lowest BCUT2D eigenvalue weighted by Crippen LogP contribution is -2.20. The van der Waals surface area contributed by atoms with Gasteiger partial charge in [-0.3, -0.25) is 0 Å². The van der Waals surface area contributed by atoms with Crippen molar-refractivity contribution < 1.29 is 19.4 Å². The lowest BCUT2D eigenvalue weighted by Gasteiger charge is -2.27. The van der Waals surface area contributed by atoms with Crippen LogP contribution in [0.4, 0.5) is 4.79 Å². The van der Waals surface area contributed by atoms with Gasteiger partial charge < -0.3 is 14.6 Å². The fourth-order valence-electron chi connectivity index (χ4n) is 2.54. The van der Waals surface area contributed by atoms with E-state index in [0.29, 0.717) is 17.1 Å². The molecule has 0 amide bonds. The minimum atomic E-state index is -0.803. The van der Waals surface area contributed by atoms with Crippen molar-refractivity contribution in [3.05, 3.63) is 53.6 Å². The standard InChI is InChI=1S/C21H26O4/c1-20(2,3)15-13-18(16(12-17(15)22)21(4,5)6)25-19(23)24-14-10-8-7-9-11-14/h7-13,22H,1-6H3. The predicted octanol–water partition coefficient (Wildman–Crippen LogP) is 5.57. The second-order valence-corrected chi connectivity index (χ2v) is 8.13. The largest absolute Gasteiger partial charge is 0.519 e. The van der Waals surface area contributed by atoms with E-state index in [0.717, 1.165) is 5.56 Å². The second-order valence-electron chi connectivity index (χ2n) is 8.13. The topological polar surface area (TPSA) is 55.8 Å². The van der Waals surface area contributed by atoms with Crippen molar-refractivity contribution in [1.82, 2.24) is 0 Å². The second kappa shape index (κ2) is 6.79. The van der Waals surface area contributed by atoms with Gasteiger partial charge in [-0.15, -0.1) is 0 Å². The molecular weight excluding hydrogens is 316 g/mol. The number of benzene rings is 2. The summed E-state index contributed by atoms with van der Waals surface area (Å²) in [4.78, 5) is 12.2. The number of phenolic OH excluding ortho intramolecular Hbond substituents is 1. The van der Waals surface area contributed by atoms with Crippen LogP contribution in [0.1, 0.15) is 52.7 Å². The third-order valence-corrected chi connectivity index (χ3v) is 3.85. The van der Waals surface area contributed by atoms with Gasteiger partial charge in [0, 0.05) is 11.1 Å². The quantitative estimate of drug-likeness (QED) is 0.573. The fraction of sp³-hybridized carbons (Fsp3) is 0.381. The van der Waals surface area contributed by atoms with Crippen LogP contribution in [0.2, 0.25) is 0 Å². The van der Waals surface area contributed by atoms with Crippen molar-refractivity contribution in [3.63, 3.8) is 0 Å². The van der Waals surface area contributed by atoms with E-state index in [-0.39, 0.29) is 16.6 Å². The van der Waals surface area contributed by atoms with E-state index in [4.69, 9.17) is 9.47 Å². The Bertz CT molecular complexity index is 750. The molecule has 2 rings (SSSR count). The molecule has 0 fully saturated rings. The Kier molecular flexibility index (Phi) is 5.12. The highest BCUT2D eigenvalue weighted by atomic mass is 16.7. The lowest BCUT2D eigenvalue weighted by atomic mass is 9.81. The first kappa shape index (κ1) is 18.8. The van der Waals surface area contributed by atoms with Gasteiger partial charge in [-0.05, 0) is 35.1 Å². The van der Waals surface area contributed by atoms with Gasteiger partial charge >= 0.3 is 6.16 Å². The summed E-state index contributed by atoms with van der Waals surface area (Å²) in [5.41, 5.74) is 0.851. The highest BCUT2D eigenvalue weighted by molar-refractivity contribution is 5.68. The minimum absolute atomic E-state index is 0.196. The summed E-state index contributed by atoms with van der Waals surface area (Å²) in [5.74, 6) is 1.01. The molecule has 0 atom stereocenters. The van der Waals surface area contributed by atoms with Crippen LogP contribution < -0.4 is 9.47 Å². The first-order chi connectivity index (χ1) is 11.5. The van der Waals surface area contributed by atoms with Crippen LogP contribution in [-0.4, -0.2) is 11.3 Å². The van der Waals surface area contributed by atoms with Crippen LogP contribution >= 0.6 is 0 Å². The molecule has 0 saturated carbocycles. The summed E-state index contributed by atoms with van der Waals surface area (Å²) in [6.07, 6.45) is -0.803. The molecule has 2 aromatic rings. The summed E-state index contributed by atoms with van der Waals surface area (Å²) in [6.45, 7) is 12.0. The third-order valence-electron chi connectivity index (χ3n) is 3.85. The molecule has 0 saturated heterocycles. The molecule has 0 bridgehead atoms. The zero-order chi connectivity index (χ0) is 18.8. The number of ether oxygens (including phenoxy) is 2. The van der Waals surface area contributed by atoms with E-state index in [1.54, 1.807) is 36.4 Å². The van der Waals surface area contributed by atoms with E-state index >= 15 is 0 Å². The highest BCUT2D eigenvalue weighted by Gasteiger charge is 2.27. The Labute approximate surface area is 149 Å². The summed E-state index contributed by atoms with van der Waals surface area (Å²) in [7, 11) is 0. The SMILES string of the molecule is CC(C)(C)c1cc(OC(=O)Oc2ccccc2)c(C(C)(C)C)cc1O.